The minimum absolute atomic E-state index is 0.111. The summed E-state index contributed by atoms with van der Waals surface area (Å²) in [5.74, 6) is -1.42. The molecule has 5 heteroatoms. The van der Waals surface area contributed by atoms with Crippen molar-refractivity contribution in [3.8, 4) is 6.07 Å². The Morgan fingerprint density at radius 2 is 2.30 bits per heavy atom. The lowest BCUT2D eigenvalue weighted by Crippen LogP contribution is -2.36. The Balaban J connectivity index is 1.97. The first-order valence-electron chi connectivity index (χ1n) is 6.75. The average molecular weight is 276 g/mol. The molecule has 0 radical (unpaired) electrons. The Kier molecular flexibility index (Phi) is 4.70. The highest BCUT2D eigenvalue weighted by Gasteiger charge is 2.26. The molecular weight excluding hydrogens is 259 g/mol. The second-order valence-corrected chi connectivity index (χ2v) is 5.19. The van der Waals surface area contributed by atoms with E-state index in [1.807, 2.05) is 6.07 Å². The molecule has 2 rings (SSSR count). The predicted molar refractivity (Wildman–Crippen MR) is 71.3 cm³/mol. The monoisotopic (exact) mass is 276 g/mol. The van der Waals surface area contributed by atoms with E-state index in [4.69, 9.17) is 10.4 Å². The van der Waals surface area contributed by atoms with Gasteiger partial charge in [-0.1, -0.05) is 6.42 Å². The Morgan fingerprint density at radius 1 is 1.50 bits per heavy atom. The number of nitrogens with one attached hydrogen (secondary N) is 1. The van der Waals surface area contributed by atoms with Gasteiger partial charge in [0.25, 0.3) is 0 Å². The number of hydrogen-bond acceptors (Lipinski definition) is 3. The molecule has 1 aliphatic carbocycles. The summed E-state index contributed by atoms with van der Waals surface area (Å²) in [6.45, 7) is 0.387. The molecule has 106 valence electrons. The molecule has 1 fully saturated rings. The third-order valence-electron chi connectivity index (χ3n) is 3.79. The normalized spacial score (nSPS) is 22.2. The number of benzene rings is 1. The molecule has 0 saturated heterocycles. The Hall–Kier alpha value is -1.93. The van der Waals surface area contributed by atoms with Gasteiger partial charge in [-0.25, -0.2) is 4.39 Å². The summed E-state index contributed by atoms with van der Waals surface area (Å²) in [6, 6.07) is 6.23. The third-order valence-corrected chi connectivity index (χ3v) is 3.79. The fraction of sp³-hybridized carbons (Fsp3) is 0.467. The second-order valence-electron chi connectivity index (χ2n) is 5.19. The van der Waals surface area contributed by atoms with Crippen molar-refractivity contribution in [3.05, 3.63) is 35.1 Å². The maximum absolute atomic E-state index is 13.2. The maximum atomic E-state index is 13.2. The molecule has 1 saturated carbocycles. The quantitative estimate of drug-likeness (QED) is 0.885. The van der Waals surface area contributed by atoms with Crippen LogP contribution in [0.25, 0.3) is 0 Å². The highest BCUT2D eigenvalue weighted by molar-refractivity contribution is 5.70. The molecule has 0 spiro atoms. The predicted octanol–water partition coefficient (Wildman–Crippen LogP) is 2.43. The lowest BCUT2D eigenvalue weighted by Gasteiger charge is -2.27. The number of halogens is 1. The van der Waals surface area contributed by atoms with E-state index in [1.54, 1.807) is 0 Å². The highest BCUT2D eigenvalue weighted by atomic mass is 19.1. The second kappa shape index (κ2) is 6.49. The van der Waals surface area contributed by atoms with Crippen LogP contribution in [0.2, 0.25) is 0 Å². The van der Waals surface area contributed by atoms with Gasteiger partial charge in [0.2, 0.25) is 0 Å². The van der Waals surface area contributed by atoms with Gasteiger partial charge >= 0.3 is 5.97 Å². The standard InChI is InChI=1S/C15H17FN2O2/c16-13-5-4-11(8-17)12(6-13)9-18-14-3-1-2-10(7-14)15(19)20/h4-6,10,14,18H,1-3,7,9H2,(H,19,20). The van der Waals surface area contributed by atoms with Crippen LogP contribution in [-0.2, 0) is 11.3 Å². The summed E-state index contributed by atoms with van der Waals surface area (Å²) >= 11 is 0. The van der Waals surface area contributed by atoms with E-state index in [0.29, 0.717) is 24.1 Å². The van der Waals surface area contributed by atoms with Crippen molar-refractivity contribution in [2.45, 2.75) is 38.3 Å². The van der Waals surface area contributed by atoms with E-state index in [2.05, 4.69) is 5.32 Å². The average Bonchev–Trinajstić information content (AvgIpc) is 2.45. The Bertz CT molecular complexity index is 539. The van der Waals surface area contributed by atoms with Crippen LogP contribution in [0, 0.1) is 23.1 Å². The summed E-state index contributed by atoms with van der Waals surface area (Å²) in [5, 5.41) is 21.3. The maximum Gasteiger partial charge on any atom is 0.306 e. The first-order valence-corrected chi connectivity index (χ1v) is 6.75. The first-order chi connectivity index (χ1) is 9.60. The minimum atomic E-state index is -0.750. The van der Waals surface area contributed by atoms with Gasteiger partial charge in [-0.05, 0) is 43.0 Å². The summed E-state index contributed by atoms with van der Waals surface area (Å²) in [7, 11) is 0. The highest BCUT2D eigenvalue weighted by Crippen LogP contribution is 2.25. The number of carboxylic acid groups (broad SMARTS) is 1. The van der Waals surface area contributed by atoms with Crippen LogP contribution >= 0.6 is 0 Å². The molecule has 2 atom stereocenters. The number of carbonyl (C=O) groups is 1. The lowest BCUT2D eigenvalue weighted by molar-refractivity contribution is -0.143. The smallest absolute Gasteiger partial charge is 0.306 e. The van der Waals surface area contributed by atoms with Crippen molar-refractivity contribution in [2.24, 2.45) is 5.92 Å². The van der Waals surface area contributed by atoms with Gasteiger partial charge in [-0.3, -0.25) is 4.79 Å². The van der Waals surface area contributed by atoms with Gasteiger partial charge in [0.15, 0.2) is 0 Å². The molecule has 1 aliphatic rings. The molecule has 0 amide bonds. The Morgan fingerprint density at radius 3 is 3.00 bits per heavy atom. The number of carboxylic acids is 1. The third kappa shape index (κ3) is 3.55. The van der Waals surface area contributed by atoms with Gasteiger partial charge in [0.1, 0.15) is 5.82 Å². The zero-order chi connectivity index (χ0) is 14.5. The van der Waals surface area contributed by atoms with Crippen molar-refractivity contribution in [3.63, 3.8) is 0 Å². The number of rotatable bonds is 4. The zero-order valence-electron chi connectivity index (χ0n) is 11.1. The van der Waals surface area contributed by atoms with E-state index in [-0.39, 0.29) is 17.8 Å². The van der Waals surface area contributed by atoms with E-state index < -0.39 is 5.97 Å². The summed E-state index contributed by atoms with van der Waals surface area (Å²) in [6.07, 6.45) is 3.10. The van der Waals surface area contributed by atoms with Crippen LogP contribution < -0.4 is 5.32 Å². The molecule has 0 aromatic heterocycles. The summed E-state index contributed by atoms with van der Waals surface area (Å²) in [4.78, 5) is 11.0. The molecule has 0 bridgehead atoms. The van der Waals surface area contributed by atoms with E-state index in [1.165, 1.54) is 18.2 Å². The number of aliphatic carboxylic acids is 1. The van der Waals surface area contributed by atoms with Crippen molar-refractivity contribution in [2.75, 3.05) is 0 Å². The topological polar surface area (TPSA) is 73.1 Å². The molecule has 2 N–H and O–H groups in total. The van der Waals surface area contributed by atoms with E-state index in [0.717, 1.165) is 19.3 Å². The van der Waals surface area contributed by atoms with Crippen LogP contribution in [0.5, 0.6) is 0 Å². The van der Waals surface area contributed by atoms with Crippen LogP contribution in [0.1, 0.15) is 36.8 Å². The van der Waals surface area contributed by atoms with Gasteiger partial charge in [-0.15, -0.1) is 0 Å². The largest absolute Gasteiger partial charge is 0.481 e. The Labute approximate surface area is 117 Å². The van der Waals surface area contributed by atoms with Crippen LogP contribution in [0.3, 0.4) is 0 Å². The summed E-state index contributed by atoms with van der Waals surface area (Å²) < 4.78 is 13.2. The molecule has 2 unspecified atom stereocenters. The van der Waals surface area contributed by atoms with Crippen LogP contribution in [0.15, 0.2) is 18.2 Å². The number of nitriles is 1. The molecule has 0 heterocycles. The van der Waals surface area contributed by atoms with Gasteiger partial charge in [0.05, 0.1) is 17.6 Å². The van der Waals surface area contributed by atoms with Crippen molar-refractivity contribution in [1.29, 1.82) is 5.26 Å². The molecule has 1 aromatic rings. The van der Waals surface area contributed by atoms with Crippen molar-refractivity contribution in [1.82, 2.24) is 5.32 Å². The zero-order valence-corrected chi connectivity index (χ0v) is 11.1. The van der Waals surface area contributed by atoms with Crippen LogP contribution in [0.4, 0.5) is 4.39 Å². The fourth-order valence-electron chi connectivity index (χ4n) is 2.67. The van der Waals surface area contributed by atoms with Crippen molar-refractivity contribution < 1.29 is 14.3 Å². The molecule has 20 heavy (non-hydrogen) atoms. The van der Waals surface area contributed by atoms with E-state index in [9.17, 15) is 9.18 Å². The number of nitrogens with zero attached hydrogens (tertiary/aromatic N) is 1. The molecule has 1 aromatic carbocycles. The molecule has 0 aliphatic heterocycles. The minimum Gasteiger partial charge on any atom is -0.481 e. The van der Waals surface area contributed by atoms with Gasteiger partial charge in [-0.2, -0.15) is 5.26 Å². The van der Waals surface area contributed by atoms with Crippen LogP contribution in [-0.4, -0.2) is 17.1 Å². The van der Waals surface area contributed by atoms with Crippen molar-refractivity contribution >= 4 is 5.97 Å². The number of hydrogen-bond donors (Lipinski definition) is 2. The first kappa shape index (κ1) is 14.5. The van der Waals surface area contributed by atoms with Gasteiger partial charge < -0.3 is 10.4 Å². The summed E-state index contributed by atoms with van der Waals surface area (Å²) in [5.41, 5.74) is 1.06. The molecule has 4 nitrogen and oxygen atoms in total. The lowest BCUT2D eigenvalue weighted by atomic mass is 9.85. The fourth-order valence-corrected chi connectivity index (χ4v) is 2.67. The van der Waals surface area contributed by atoms with Gasteiger partial charge in [0, 0.05) is 12.6 Å². The molecular formula is C15H17FN2O2. The SMILES string of the molecule is N#Cc1ccc(F)cc1CNC1CCCC(C(=O)O)C1. The van der Waals surface area contributed by atoms with E-state index >= 15 is 0 Å².